The molecule has 5 nitrogen and oxygen atoms in total. The summed E-state index contributed by atoms with van der Waals surface area (Å²) in [7, 11) is 1.33. The molecule has 0 saturated heterocycles. The molecule has 0 amide bonds. The minimum absolute atomic E-state index is 0.0482. The van der Waals surface area contributed by atoms with Crippen molar-refractivity contribution in [2.75, 3.05) is 12.8 Å². The highest BCUT2D eigenvalue weighted by Gasteiger charge is 2.23. The van der Waals surface area contributed by atoms with Gasteiger partial charge in [-0.3, -0.25) is 0 Å². The second-order valence-corrected chi connectivity index (χ2v) is 4.99. The molecule has 0 saturated carbocycles. The number of nitrogens with two attached hydrogens (primary N) is 1. The van der Waals surface area contributed by atoms with Gasteiger partial charge >= 0.3 is 5.97 Å². The Kier molecular flexibility index (Phi) is 3.90. The third kappa shape index (κ3) is 2.35. The minimum Gasteiger partial charge on any atom is -0.464 e. The summed E-state index contributed by atoms with van der Waals surface area (Å²) >= 11 is 1.63. The Balaban J connectivity index is 2.50. The lowest BCUT2D eigenvalue weighted by molar-refractivity contribution is 0.0595. The maximum absolute atomic E-state index is 11.6. The van der Waals surface area contributed by atoms with Crippen molar-refractivity contribution < 1.29 is 9.53 Å². The van der Waals surface area contributed by atoms with Crippen LogP contribution in [0, 0.1) is 0 Å². The van der Waals surface area contributed by atoms with Crippen LogP contribution in [0.3, 0.4) is 0 Å². The van der Waals surface area contributed by atoms with Crippen LogP contribution in [0.2, 0.25) is 0 Å². The molecule has 19 heavy (non-hydrogen) atoms. The van der Waals surface area contributed by atoms with Crippen molar-refractivity contribution >= 4 is 23.1 Å². The van der Waals surface area contributed by atoms with Gasteiger partial charge in [0.05, 0.1) is 13.2 Å². The molecule has 0 aliphatic rings. The largest absolute Gasteiger partial charge is 0.464 e. The molecular weight excluding hydrogens is 262 g/mol. The summed E-state index contributed by atoms with van der Waals surface area (Å²) in [4.78, 5) is 15.9. The van der Waals surface area contributed by atoms with Crippen molar-refractivity contribution in [2.45, 2.75) is 26.3 Å². The van der Waals surface area contributed by atoms with Crippen LogP contribution in [0.4, 0.5) is 5.82 Å². The van der Waals surface area contributed by atoms with Crippen molar-refractivity contribution in [3.63, 3.8) is 0 Å². The van der Waals surface area contributed by atoms with Crippen molar-refractivity contribution in [1.82, 2.24) is 9.55 Å². The molecular formula is C13H17N3O2S. The van der Waals surface area contributed by atoms with Gasteiger partial charge < -0.3 is 15.0 Å². The molecule has 0 aliphatic carbocycles. The second-order valence-electron chi connectivity index (χ2n) is 4.21. The SMILES string of the molecule is CCc1nc(C(=O)OC)c(N)n1C(C)c1ccsc1. The molecule has 2 rings (SSSR count). The molecule has 0 bridgehead atoms. The predicted molar refractivity (Wildman–Crippen MR) is 75.5 cm³/mol. The lowest BCUT2D eigenvalue weighted by Crippen LogP contribution is -2.13. The molecule has 2 N–H and O–H groups in total. The summed E-state index contributed by atoms with van der Waals surface area (Å²) in [6.45, 7) is 4.03. The first-order chi connectivity index (χ1) is 9.10. The monoisotopic (exact) mass is 279 g/mol. The van der Waals surface area contributed by atoms with Gasteiger partial charge in [-0.25, -0.2) is 9.78 Å². The Bertz CT molecular complexity index is 575. The molecule has 0 radical (unpaired) electrons. The fourth-order valence-corrected chi connectivity index (χ4v) is 2.83. The number of carbonyl (C=O) groups excluding carboxylic acids is 1. The quantitative estimate of drug-likeness (QED) is 0.873. The zero-order valence-corrected chi connectivity index (χ0v) is 12.0. The molecule has 6 heteroatoms. The molecule has 2 heterocycles. The van der Waals surface area contributed by atoms with E-state index in [0.717, 1.165) is 11.4 Å². The van der Waals surface area contributed by atoms with E-state index in [1.54, 1.807) is 11.3 Å². The number of rotatable bonds is 4. The Morgan fingerprint density at radius 3 is 2.89 bits per heavy atom. The number of hydrogen-bond donors (Lipinski definition) is 1. The fraction of sp³-hybridized carbons (Fsp3) is 0.385. The van der Waals surface area contributed by atoms with Gasteiger partial charge in [-0.15, -0.1) is 0 Å². The van der Waals surface area contributed by atoms with Gasteiger partial charge in [0.2, 0.25) is 0 Å². The van der Waals surface area contributed by atoms with Crippen LogP contribution in [0.15, 0.2) is 16.8 Å². The summed E-state index contributed by atoms with van der Waals surface area (Å²) in [6, 6.07) is 2.10. The van der Waals surface area contributed by atoms with Crippen LogP contribution >= 0.6 is 11.3 Å². The number of ether oxygens (including phenoxy) is 1. The summed E-state index contributed by atoms with van der Waals surface area (Å²) in [6.07, 6.45) is 0.704. The Morgan fingerprint density at radius 1 is 1.63 bits per heavy atom. The van der Waals surface area contributed by atoms with Gasteiger partial charge in [0, 0.05) is 6.42 Å². The van der Waals surface area contributed by atoms with Crippen LogP contribution in [0.1, 0.15) is 41.8 Å². The molecule has 2 aromatic heterocycles. The summed E-state index contributed by atoms with van der Waals surface area (Å²) in [5.41, 5.74) is 7.41. The smallest absolute Gasteiger partial charge is 0.360 e. The highest BCUT2D eigenvalue weighted by Crippen LogP contribution is 2.27. The van der Waals surface area contributed by atoms with Crippen molar-refractivity contribution in [3.8, 4) is 0 Å². The summed E-state index contributed by atoms with van der Waals surface area (Å²) in [5.74, 6) is 0.655. The number of hydrogen-bond acceptors (Lipinski definition) is 5. The first-order valence-electron chi connectivity index (χ1n) is 6.07. The van der Waals surface area contributed by atoms with E-state index in [1.165, 1.54) is 7.11 Å². The average molecular weight is 279 g/mol. The van der Waals surface area contributed by atoms with Gasteiger partial charge in [-0.2, -0.15) is 11.3 Å². The number of imidazole rings is 1. The highest BCUT2D eigenvalue weighted by atomic mass is 32.1. The van der Waals surface area contributed by atoms with Crippen LogP contribution in [0.25, 0.3) is 0 Å². The van der Waals surface area contributed by atoms with Crippen molar-refractivity contribution in [2.24, 2.45) is 0 Å². The zero-order chi connectivity index (χ0) is 14.0. The summed E-state index contributed by atoms with van der Waals surface area (Å²) in [5, 5.41) is 4.09. The van der Waals surface area contributed by atoms with E-state index in [4.69, 9.17) is 10.5 Å². The molecule has 1 atom stereocenters. The average Bonchev–Trinajstić information content (AvgIpc) is 3.04. The van der Waals surface area contributed by atoms with E-state index >= 15 is 0 Å². The Labute approximate surface area is 116 Å². The van der Waals surface area contributed by atoms with Gasteiger partial charge in [0.15, 0.2) is 5.69 Å². The lowest BCUT2D eigenvalue weighted by Gasteiger charge is -2.16. The van der Waals surface area contributed by atoms with Gasteiger partial charge in [0.1, 0.15) is 11.6 Å². The standard InChI is InChI=1S/C13H17N3O2S/c1-4-10-15-11(13(17)18-3)12(14)16(10)8(2)9-5-6-19-7-9/h5-8H,4,14H2,1-3H3. The molecule has 0 spiro atoms. The first kappa shape index (κ1) is 13.6. The van der Waals surface area contributed by atoms with E-state index in [-0.39, 0.29) is 11.7 Å². The maximum Gasteiger partial charge on any atom is 0.360 e. The van der Waals surface area contributed by atoms with E-state index in [1.807, 2.05) is 29.9 Å². The number of nitrogen functional groups attached to an aromatic ring is 1. The molecule has 0 aromatic carbocycles. The van der Waals surface area contributed by atoms with E-state index < -0.39 is 5.97 Å². The Morgan fingerprint density at radius 2 is 2.37 bits per heavy atom. The molecule has 102 valence electrons. The van der Waals surface area contributed by atoms with Crippen molar-refractivity contribution in [3.05, 3.63) is 33.9 Å². The number of aryl methyl sites for hydroxylation is 1. The number of thiophene rings is 1. The van der Waals surface area contributed by atoms with Crippen molar-refractivity contribution in [1.29, 1.82) is 0 Å². The third-order valence-corrected chi connectivity index (χ3v) is 3.83. The first-order valence-corrected chi connectivity index (χ1v) is 7.01. The number of esters is 1. The molecule has 0 fully saturated rings. The number of aromatic nitrogens is 2. The normalized spacial score (nSPS) is 12.4. The van der Waals surface area contributed by atoms with E-state index in [0.29, 0.717) is 12.2 Å². The molecule has 0 aliphatic heterocycles. The number of anilines is 1. The topological polar surface area (TPSA) is 70.1 Å². The van der Waals surface area contributed by atoms with Crippen LogP contribution in [-0.2, 0) is 11.2 Å². The fourth-order valence-electron chi connectivity index (χ4n) is 2.08. The number of nitrogens with zero attached hydrogens (tertiary/aromatic N) is 2. The van der Waals surface area contributed by atoms with Gasteiger partial charge in [-0.1, -0.05) is 6.92 Å². The van der Waals surface area contributed by atoms with Crippen LogP contribution < -0.4 is 5.73 Å². The summed E-state index contributed by atoms with van der Waals surface area (Å²) < 4.78 is 6.60. The maximum atomic E-state index is 11.6. The van der Waals surface area contributed by atoms with Gasteiger partial charge in [0.25, 0.3) is 0 Å². The zero-order valence-electron chi connectivity index (χ0n) is 11.2. The van der Waals surface area contributed by atoms with Crippen LogP contribution in [-0.4, -0.2) is 22.6 Å². The lowest BCUT2D eigenvalue weighted by atomic mass is 10.1. The Hall–Kier alpha value is -1.82. The minimum atomic E-state index is -0.497. The van der Waals surface area contributed by atoms with E-state index in [9.17, 15) is 4.79 Å². The molecule has 2 aromatic rings. The third-order valence-electron chi connectivity index (χ3n) is 3.13. The highest BCUT2D eigenvalue weighted by molar-refractivity contribution is 7.07. The molecule has 1 unspecified atom stereocenters. The second kappa shape index (κ2) is 5.44. The van der Waals surface area contributed by atoms with Crippen LogP contribution in [0.5, 0.6) is 0 Å². The number of methoxy groups -OCH3 is 1. The van der Waals surface area contributed by atoms with Gasteiger partial charge in [-0.05, 0) is 29.3 Å². The predicted octanol–water partition coefficient (Wildman–Crippen LogP) is 2.49. The van der Waals surface area contributed by atoms with E-state index in [2.05, 4.69) is 10.4 Å². The number of carbonyl (C=O) groups is 1.